The van der Waals surface area contributed by atoms with Crippen LogP contribution in [-0.2, 0) is 28.9 Å². The first-order valence-electron chi connectivity index (χ1n) is 11.8. The molecular formula is C26H34N4O6P2. The van der Waals surface area contributed by atoms with Crippen molar-refractivity contribution in [2.45, 2.75) is 39.5 Å². The van der Waals surface area contributed by atoms with Gasteiger partial charge in [-0.05, 0) is 62.8 Å². The fourth-order valence-corrected chi connectivity index (χ4v) is 2.37. The molecule has 1 rings (SSSR count). The van der Waals surface area contributed by atoms with Gasteiger partial charge in [-0.25, -0.2) is 0 Å². The van der Waals surface area contributed by atoms with Gasteiger partial charge in [0.1, 0.15) is 37.2 Å². The summed E-state index contributed by atoms with van der Waals surface area (Å²) >= 11 is 0. The molecule has 0 aliphatic heterocycles. The first-order chi connectivity index (χ1) is 18.4. The van der Waals surface area contributed by atoms with Crippen molar-refractivity contribution in [2.75, 3.05) is 13.2 Å². The molecule has 2 atom stereocenters. The van der Waals surface area contributed by atoms with E-state index in [0.29, 0.717) is 18.9 Å². The van der Waals surface area contributed by atoms with Crippen molar-refractivity contribution in [3.05, 3.63) is 72.2 Å². The molecule has 0 radical (unpaired) electrons. The minimum absolute atomic E-state index is 0.168. The van der Waals surface area contributed by atoms with Crippen LogP contribution in [0, 0.1) is 0 Å². The zero-order chi connectivity index (χ0) is 27.8. The molecule has 2 unspecified atom stereocenters. The molecule has 0 saturated carbocycles. The highest BCUT2D eigenvalue weighted by Gasteiger charge is 1.98. The van der Waals surface area contributed by atoms with Gasteiger partial charge in [0.05, 0.1) is 12.4 Å². The molecule has 10 nitrogen and oxygen atoms in total. The molecule has 38 heavy (non-hydrogen) atoms. The first kappa shape index (κ1) is 32.5. The fraction of sp³-hybridized carbons (Fsp3) is 0.308. The third-order valence-corrected chi connectivity index (χ3v) is 5.25. The van der Waals surface area contributed by atoms with E-state index in [0.717, 1.165) is 36.8 Å². The molecule has 0 saturated heterocycles. The molecule has 0 N–H and O–H groups in total. The molecule has 0 aromatic heterocycles. The van der Waals surface area contributed by atoms with Gasteiger partial charge in [-0.1, -0.05) is 75.5 Å². The monoisotopic (exact) mass is 560 g/mol. The number of oxime groups is 4. The summed E-state index contributed by atoms with van der Waals surface area (Å²) in [5.74, 6) is 0. The number of carbonyl (C=O) groups is 2. The van der Waals surface area contributed by atoms with Crippen LogP contribution in [0.1, 0.15) is 50.7 Å². The van der Waals surface area contributed by atoms with E-state index in [-0.39, 0.29) is 16.8 Å². The summed E-state index contributed by atoms with van der Waals surface area (Å²) in [6, 6.07) is 7.58. The van der Waals surface area contributed by atoms with Crippen molar-refractivity contribution in [1.29, 1.82) is 0 Å². The SMILES string of the molecule is CC(=NOCCCCCCON=Cc1ccc(/C=N\O/C=C/C=C/C=C/O/N=C(/C)C(=O)P)cc1)C(=O)P. The second kappa shape index (κ2) is 21.6. The summed E-state index contributed by atoms with van der Waals surface area (Å²) in [6.07, 6.45) is 16.5. The molecule has 12 heteroatoms. The van der Waals surface area contributed by atoms with E-state index in [1.165, 1.54) is 12.5 Å². The molecule has 0 amide bonds. The lowest BCUT2D eigenvalue weighted by molar-refractivity contribution is -0.106. The highest BCUT2D eigenvalue weighted by atomic mass is 31.0. The van der Waals surface area contributed by atoms with Gasteiger partial charge in [-0.2, -0.15) is 0 Å². The third kappa shape index (κ3) is 17.9. The smallest absolute Gasteiger partial charge is 0.195 e. The van der Waals surface area contributed by atoms with Crippen molar-refractivity contribution in [1.82, 2.24) is 0 Å². The molecule has 0 heterocycles. The maximum absolute atomic E-state index is 11.0. The second-order valence-electron chi connectivity index (χ2n) is 7.55. The Labute approximate surface area is 227 Å². The van der Waals surface area contributed by atoms with E-state index >= 15 is 0 Å². The molecule has 0 spiro atoms. The number of rotatable bonds is 19. The summed E-state index contributed by atoms with van der Waals surface area (Å²) in [5, 5.41) is 15.2. The maximum atomic E-state index is 11.0. The summed E-state index contributed by atoms with van der Waals surface area (Å²) in [7, 11) is 4.08. The number of hydrogen-bond acceptors (Lipinski definition) is 10. The minimum Gasteiger partial charge on any atom is -0.396 e. The van der Waals surface area contributed by atoms with E-state index < -0.39 is 0 Å². The second-order valence-corrected chi connectivity index (χ2v) is 8.60. The summed E-state index contributed by atoms with van der Waals surface area (Å²) < 4.78 is 0. The molecule has 204 valence electrons. The lowest BCUT2D eigenvalue weighted by atomic mass is 10.2. The Balaban J connectivity index is 2.15. The van der Waals surface area contributed by atoms with E-state index in [4.69, 9.17) is 19.4 Å². The predicted octanol–water partition coefficient (Wildman–Crippen LogP) is 5.12. The van der Waals surface area contributed by atoms with Crippen LogP contribution in [0.25, 0.3) is 0 Å². The Hall–Kier alpha value is -3.48. The zero-order valence-corrected chi connectivity index (χ0v) is 23.9. The third-order valence-electron chi connectivity index (χ3n) is 4.41. The fourth-order valence-electron chi connectivity index (χ4n) is 2.26. The molecule has 0 fully saturated rings. The quantitative estimate of drug-likeness (QED) is 0.0578. The standard InChI is InChI=1S/C26H34N4O6P2/c1-21(25(31)37)29-35-17-9-5-3-7-15-33-27-19-23-11-13-24(14-12-23)20-28-34-16-8-4-6-10-18-36-30-22(2)26(32)38/h3,5,7,9,11-15,17,19-20H,4,6,8,10,16,18,37-38H2,1-2H3/b5-3+,15-7+,17-9+,27-19-,28-20?,29-21-,30-22?. The van der Waals surface area contributed by atoms with Gasteiger partial charge in [-0.15, -0.1) is 0 Å². The Morgan fingerprint density at radius 3 is 1.76 bits per heavy atom. The van der Waals surface area contributed by atoms with Gasteiger partial charge in [0.2, 0.25) is 0 Å². The Bertz CT molecular complexity index is 1060. The van der Waals surface area contributed by atoms with Gasteiger partial charge in [0.15, 0.2) is 11.0 Å². The van der Waals surface area contributed by atoms with Crippen molar-refractivity contribution in [3.63, 3.8) is 0 Å². The van der Waals surface area contributed by atoms with Gasteiger partial charge >= 0.3 is 0 Å². The average Bonchev–Trinajstić information content (AvgIpc) is 2.90. The lowest BCUT2D eigenvalue weighted by Crippen LogP contribution is -2.02. The largest absolute Gasteiger partial charge is 0.396 e. The summed E-state index contributed by atoms with van der Waals surface area (Å²) in [4.78, 5) is 42.2. The Kier molecular flexibility index (Phi) is 18.5. The topological polar surface area (TPSA) is 120 Å². The van der Waals surface area contributed by atoms with E-state index in [1.807, 2.05) is 33.5 Å². The van der Waals surface area contributed by atoms with Gasteiger partial charge in [0, 0.05) is 0 Å². The lowest BCUT2D eigenvalue weighted by Gasteiger charge is -2.01. The van der Waals surface area contributed by atoms with Crippen LogP contribution in [0.15, 0.2) is 81.7 Å². The number of nitrogens with zero attached hydrogens (tertiary/aromatic N) is 4. The van der Waals surface area contributed by atoms with Gasteiger partial charge < -0.3 is 19.4 Å². The Morgan fingerprint density at radius 2 is 1.18 bits per heavy atom. The molecular weight excluding hydrogens is 526 g/mol. The van der Waals surface area contributed by atoms with Crippen molar-refractivity contribution >= 4 is 53.4 Å². The van der Waals surface area contributed by atoms with Crippen molar-refractivity contribution in [3.8, 4) is 0 Å². The minimum atomic E-state index is -0.225. The molecule has 0 bridgehead atoms. The molecule has 1 aromatic carbocycles. The highest BCUT2D eigenvalue weighted by molar-refractivity contribution is 7.45. The van der Waals surface area contributed by atoms with Gasteiger partial charge in [0.25, 0.3) is 0 Å². The van der Waals surface area contributed by atoms with Crippen LogP contribution in [0.4, 0.5) is 0 Å². The normalized spacial score (nSPS) is 12.8. The van der Waals surface area contributed by atoms with E-state index in [1.54, 1.807) is 50.6 Å². The van der Waals surface area contributed by atoms with E-state index in [9.17, 15) is 9.59 Å². The molecule has 1 aromatic rings. The van der Waals surface area contributed by atoms with Crippen LogP contribution >= 0.6 is 18.5 Å². The maximum Gasteiger partial charge on any atom is 0.195 e. The van der Waals surface area contributed by atoms with Crippen molar-refractivity contribution < 1.29 is 28.9 Å². The number of benzene rings is 1. The number of allylic oxidation sites excluding steroid dienone is 4. The molecule has 0 aliphatic carbocycles. The van der Waals surface area contributed by atoms with Crippen LogP contribution in [0.3, 0.4) is 0 Å². The van der Waals surface area contributed by atoms with Crippen LogP contribution in [-0.4, -0.2) is 48.1 Å². The Morgan fingerprint density at radius 1 is 0.684 bits per heavy atom. The number of hydrogen-bond donors (Lipinski definition) is 0. The van der Waals surface area contributed by atoms with E-state index in [2.05, 4.69) is 29.9 Å². The predicted molar refractivity (Wildman–Crippen MR) is 157 cm³/mol. The summed E-state index contributed by atoms with van der Waals surface area (Å²) in [6.45, 7) is 4.20. The number of carbonyl (C=O) groups excluding carboxylic acids is 2. The first-order valence-corrected chi connectivity index (χ1v) is 12.9. The molecule has 0 aliphatic rings. The van der Waals surface area contributed by atoms with Crippen LogP contribution in [0.2, 0.25) is 0 Å². The van der Waals surface area contributed by atoms with Crippen LogP contribution in [0.5, 0.6) is 0 Å². The summed E-state index contributed by atoms with van der Waals surface area (Å²) in [5.41, 5.74) is 1.99. The number of unbranched alkanes of at least 4 members (excludes halogenated alkanes) is 3. The highest BCUT2D eigenvalue weighted by Crippen LogP contribution is 2.03. The van der Waals surface area contributed by atoms with Crippen molar-refractivity contribution in [2.24, 2.45) is 20.6 Å². The van der Waals surface area contributed by atoms with Gasteiger partial charge in [-0.3, -0.25) is 9.59 Å². The average molecular weight is 561 g/mol. The zero-order valence-electron chi connectivity index (χ0n) is 21.6. The van der Waals surface area contributed by atoms with Crippen LogP contribution < -0.4 is 0 Å².